The average Bonchev–Trinajstić information content (AvgIpc) is 3.25. The molecule has 19 nitrogen and oxygen atoms in total. The largest absolute Gasteiger partial charge is 0.505 e. The summed E-state index contributed by atoms with van der Waals surface area (Å²) < 4.78 is 104. The zero-order valence-electron chi connectivity index (χ0n) is 32.4. The van der Waals surface area contributed by atoms with E-state index in [-0.39, 0.29) is 27.5 Å². The number of phenols is 2. The molecule has 8 rings (SSSR count). The van der Waals surface area contributed by atoms with Crippen molar-refractivity contribution in [3.63, 3.8) is 0 Å². The molecular formula is C42H30N8O11S3. The molecule has 0 atom stereocenters. The summed E-state index contributed by atoms with van der Waals surface area (Å²) in [6.45, 7) is 0. The van der Waals surface area contributed by atoms with Crippen LogP contribution >= 0.6 is 0 Å². The van der Waals surface area contributed by atoms with Crippen LogP contribution in [0.4, 0.5) is 45.5 Å². The number of rotatable bonds is 10. The molecule has 322 valence electrons. The van der Waals surface area contributed by atoms with E-state index < -0.39 is 73.6 Å². The molecule has 0 heterocycles. The van der Waals surface area contributed by atoms with E-state index in [1.54, 1.807) is 72.8 Å². The summed E-state index contributed by atoms with van der Waals surface area (Å²) in [6.07, 6.45) is 0. The summed E-state index contributed by atoms with van der Waals surface area (Å²) in [5.74, 6) is -1.38. The van der Waals surface area contributed by atoms with E-state index in [9.17, 15) is 49.1 Å². The number of fused-ring (bicyclic) bond motifs is 3. The molecule has 8 aromatic carbocycles. The van der Waals surface area contributed by atoms with Crippen LogP contribution in [0, 0.1) is 0 Å². The lowest BCUT2D eigenvalue weighted by molar-refractivity contribution is 0.471. The fraction of sp³-hybridized carbons (Fsp3) is 0. The van der Waals surface area contributed by atoms with Gasteiger partial charge in [-0.15, -0.1) is 20.5 Å². The van der Waals surface area contributed by atoms with Gasteiger partial charge in [0.15, 0.2) is 11.5 Å². The molecule has 8 aromatic rings. The van der Waals surface area contributed by atoms with E-state index in [2.05, 4.69) is 30.7 Å². The van der Waals surface area contributed by atoms with Crippen LogP contribution in [-0.4, -0.2) is 49.1 Å². The van der Waals surface area contributed by atoms with Crippen LogP contribution in [-0.2, 0) is 30.4 Å². The number of anilines is 2. The zero-order valence-corrected chi connectivity index (χ0v) is 34.8. The first-order chi connectivity index (χ1) is 30.3. The van der Waals surface area contributed by atoms with Gasteiger partial charge in [-0.3, -0.25) is 13.7 Å². The minimum Gasteiger partial charge on any atom is -0.505 e. The summed E-state index contributed by atoms with van der Waals surface area (Å²) in [6, 6.07) is 31.2. The van der Waals surface area contributed by atoms with Gasteiger partial charge < -0.3 is 21.7 Å². The molecule has 0 aromatic heterocycles. The van der Waals surface area contributed by atoms with Crippen molar-refractivity contribution in [2.75, 3.05) is 11.5 Å². The topological polar surface area (TPSA) is 330 Å². The Kier molecular flexibility index (Phi) is 10.9. The minimum atomic E-state index is -5.12. The van der Waals surface area contributed by atoms with Crippen LogP contribution in [0.25, 0.3) is 43.4 Å². The van der Waals surface area contributed by atoms with Gasteiger partial charge in [0.2, 0.25) is 0 Å². The lowest BCUT2D eigenvalue weighted by Gasteiger charge is -2.11. The fourth-order valence-corrected chi connectivity index (χ4v) is 8.71. The number of aromatic hydroxyl groups is 2. The quantitative estimate of drug-likeness (QED) is 0.0382. The number of nitrogen functional groups attached to an aromatic ring is 2. The maximum Gasteiger partial charge on any atom is 0.296 e. The number of benzene rings is 8. The second-order valence-corrected chi connectivity index (χ2v) is 18.2. The molecule has 0 aliphatic rings. The summed E-state index contributed by atoms with van der Waals surface area (Å²) in [5, 5.41) is 47.8. The second-order valence-electron chi connectivity index (χ2n) is 14.0. The number of azo groups is 3. The number of nitrogens with two attached hydrogens (primary N) is 2. The van der Waals surface area contributed by atoms with Gasteiger partial charge in [0.05, 0.1) is 17.1 Å². The maximum absolute atomic E-state index is 12.5. The highest BCUT2D eigenvalue weighted by molar-refractivity contribution is 7.86. The van der Waals surface area contributed by atoms with Crippen LogP contribution in [0.1, 0.15) is 0 Å². The number of hydrogen-bond acceptors (Lipinski definition) is 16. The van der Waals surface area contributed by atoms with Crippen LogP contribution < -0.4 is 11.5 Å². The van der Waals surface area contributed by atoms with Gasteiger partial charge in [0.25, 0.3) is 30.4 Å². The summed E-state index contributed by atoms with van der Waals surface area (Å²) in [4.78, 5) is -2.36. The standard InChI is InChI=1S/C42H30N8O11S3/c43-26-10-5-24-17-37(63(56,57)58)39(41(51)31(24)20-26)49-45-27-11-6-22(7-12-27)23-8-13-28(14-9-23)46-50-40-38(64(59,60)61)19-25-18-36(62(53,54)55)35(21-32(25)42(40)52)48-47-34-16-15-33(44)29-3-1-2-4-30(29)34/h1-21,51-52H,43-44H2,(H,53,54,55)(H,56,57,58)(H,59,60,61). The molecule has 0 radical (unpaired) electrons. The monoisotopic (exact) mass is 918 g/mol. The van der Waals surface area contributed by atoms with Gasteiger partial charge in [-0.25, -0.2) is 0 Å². The lowest BCUT2D eigenvalue weighted by atomic mass is 10.1. The Hall–Kier alpha value is -7.73. The van der Waals surface area contributed by atoms with E-state index >= 15 is 0 Å². The number of nitrogens with zero attached hydrogens (tertiary/aromatic N) is 6. The maximum atomic E-state index is 12.5. The average molecular weight is 919 g/mol. The molecule has 9 N–H and O–H groups in total. The first kappa shape index (κ1) is 42.9. The Morgan fingerprint density at radius 2 is 0.875 bits per heavy atom. The highest BCUT2D eigenvalue weighted by Crippen LogP contribution is 2.45. The Balaban J connectivity index is 1.09. The highest BCUT2D eigenvalue weighted by atomic mass is 32.2. The van der Waals surface area contributed by atoms with Gasteiger partial charge in [-0.2, -0.15) is 35.5 Å². The Morgan fingerprint density at radius 3 is 1.41 bits per heavy atom. The summed E-state index contributed by atoms with van der Waals surface area (Å²) in [5.41, 5.74) is 13.1. The van der Waals surface area contributed by atoms with Gasteiger partial charge in [-0.05, 0) is 94.7 Å². The van der Waals surface area contributed by atoms with Crippen molar-refractivity contribution in [2.45, 2.75) is 14.7 Å². The van der Waals surface area contributed by atoms with Gasteiger partial charge in [0, 0.05) is 32.9 Å². The Labute approximate surface area is 362 Å². The summed E-state index contributed by atoms with van der Waals surface area (Å²) >= 11 is 0. The smallest absolute Gasteiger partial charge is 0.296 e. The third-order valence-electron chi connectivity index (χ3n) is 9.84. The molecular weight excluding hydrogens is 889 g/mol. The number of phenolic OH excluding ortho intramolecular Hbond substituents is 2. The Morgan fingerprint density at radius 1 is 0.406 bits per heavy atom. The van der Waals surface area contributed by atoms with Crippen LogP contribution in [0.3, 0.4) is 0 Å². The molecule has 0 amide bonds. The van der Waals surface area contributed by atoms with Crippen molar-refractivity contribution in [2.24, 2.45) is 30.7 Å². The first-order valence-corrected chi connectivity index (χ1v) is 22.6. The van der Waals surface area contributed by atoms with Crippen molar-refractivity contribution in [1.82, 2.24) is 0 Å². The molecule has 0 saturated heterocycles. The third kappa shape index (κ3) is 8.54. The predicted molar refractivity (Wildman–Crippen MR) is 238 cm³/mol. The van der Waals surface area contributed by atoms with E-state index in [1.807, 2.05) is 0 Å². The minimum absolute atomic E-state index is 0.175. The molecule has 0 saturated carbocycles. The zero-order chi connectivity index (χ0) is 45.7. The molecule has 0 aliphatic carbocycles. The first-order valence-electron chi connectivity index (χ1n) is 18.3. The van der Waals surface area contributed by atoms with Crippen LogP contribution in [0.2, 0.25) is 0 Å². The van der Waals surface area contributed by atoms with E-state index in [1.165, 1.54) is 30.3 Å². The molecule has 64 heavy (non-hydrogen) atoms. The van der Waals surface area contributed by atoms with Crippen molar-refractivity contribution >= 4 is 108 Å². The van der Waals surface area contributed by atoms with Crippen LogP contribution in [0.15, 0.2) is 173 Å². The normalized spacial score (nSPS) is 12.7. The van der Waals surface area contributed by atoms with Crippen LogP contribution in [0.5, 0.6) is 11.5 Å². The fourth-order valence-electron chi connectivity index (χ4n) is 6.75. The van der Waals surface area contributed by atoms with Gasteiger partial charge in [-0.1, -0.05) is 54.6 Å². The molecule has 0 spiro atoms. The third-order valence-corrected chi connectivity index (χ3v) is 12.5. The molecule has 22 heteroatoms. The van der Waals surface area contributed by atoms with E-state index in [0.717, 1.165) is 24.3 Å². The molecule has 0 aliphatic heterocycles. The SMILES string of the molecule is Nc1ccc2cc(S(=O)(=O)O)c(N=Nc3ccc(-c4ccc(N=Nc5c(S(=O)(=O)O)cc6cc(S(=O)(=O)O)c(N=Nc7ccc(N)c8ccccc78)cc6c5O)cc4)cc3)c(O)c2c1. The molecule has 0 fully saturated rings. The van der Waals surface area contributed by atoms with E-state index in [4.69, 9.17) is 11.5 Å². The second kappa shape index (κ2) is 16.2. The van der Waals surface area contributed by atoms with Crippen molar-refractivity contribution in [3.05, 3.63) is 127 Å². The molecule has 0 bridgehead atoms. The van der Waals surface area contributed by atoms with Gasteiger partial charge in [0.1, 0.15) is 31.7 Å². The molecule has 0 unspecified atom stereocenters. The number of hydrogen-bond donors (Lipinski definition) is 7. The summed E-state index contributed by atoms with van der Waals surface area (Å²) in [7, 11) is -14.9. The highest BCUT2D eigenvalue weighted by Gasteiger charge is 2.26. The van der Waals surface area contributed by atoms with Crippen molar-refractivity contribution in [1.29, 1.82) is 0 Å². The van der Waals surface area contributed by atoms with Gasteiger partial charge >= 0.3 is 0 Å². The lowest BCUT2D eigenvalue weighted by Crippen LogP contribution is -2.01. The van der Waals surface area contributed by atoms with Crippen molar-refractivity contribution in [3.8, 4) is 22.6 Å². The predicted octanol–water partition coefficient (Wildman–Crippen LogP) is 10.4. The van der Waals surface area contributed by atoms with E-state index in [0.29, 0.717) is 44.3 Å². The Bertz CT molecular complexity index is 3680. The van der Waals surface area contributed by atoms with Crippen molar-refractivity contribution < 1.29 is 49.1 Å².